The first-order valence-corrected chi connectivity index (χ1v) is 10.7. The SMILES string of the molecule is Cc1ccc(SCC(=O)N2CCN(c3oc(-c4ccco4)nc3C#N)CC2)cc1C. The summed E-state index contributed by atoms with van der Waals surface area (Å²) in [6.07, 6.45) is 1.53. The van der Waals surface area contributed by atoms with E-state index in [1.165, 1.54) is 17.4 Å². The number of aryl methyl sites for hydroxylation is 2. The lowest BCUT2D eigenvalue weighted by Gasteiger charge is -2.34. The summed E-state index contributed by atoms with van der Waals surface area (Å²) in [5.41, 5.74) is 2.71. The molecule has 30 heavy (non-hydrogen) atoms. The highest BCUT2D eigenvalue weighted by atomic mass is 32.2. The molecular formula is C22H22N4O3S. The average Bonchev–Trinajstić information content (AvgIpc) is 3.44. The number of anilines is 1. The summed E-state index contributed by atoms with van der Waals surface area (Å²) >= 11 is 1.56. The van der Waals surface area contributed by atoms with Crippen molar-refractivity contribution in [3.05, 3.63) is 53.4 Å². The van der Waals surface area contributed by atoms with Crippen molar-refractivity contribution in [2.24, 2.45) is 0 Å². The van der Waals surface area contributed by atoms with E-state index in [9.17, 15) is 10.1 Å². The van der Waals surface area contributed by atoms with E-state index in [4.69, 9.17) is 8.83 Å². The van der Waals surface area contributed by atoms with E-state index in [-0.39, 0.29) is 17.5 Å². The van der Waals surface area contributed by atoms with Crippen molar-refractivity contribution in [2.75, 3.05) is 36.8 Å². The van der Waals surface area contributed by atoms with Gasteiger partial charge in [-0.2, -0.15) is 10.2 Å². The van der Waals surface area contributed by atoms with Gasteiger partial charge in [0.2, 0.25) is 17.5 Å². The fourth-order valence-corrected chi connectivity index (χ4v) is 4.20. The van der Waals surface area contributed by atoms with Gasteiger partial charge in [-0.1, -0.05) is 6.07 Å². The number of nitriles is 1. The fraction of sp³-hybridized carbons (Fsp3) is 0.318. The molecule has 4 rings (SSSR count). The van der Waals surface area contributed by atoms with Crippen LogP contribution in [0.2, 0.25) is 0 Å². The van der Waals surface area contributed by atoms with Gasteiger partial charge in [-0.15, -0.1) is 11.8 Å². The smallest absolute Gasteiger partial charge is 0.266 e. The highest BCUT2D eigenvalue weighted by Crippen LogP contribution is 2.29. The second-order valence-electron chi connectivity index (χ2n) is 7.16. The Labute approximate surface area is 179 Å². The highest BCUT2D eigenvalue weighted by molar-refractivity contribution is 8.00. The molecule has 1 aromatic carbocycles. The number of oxazole rings is 1. The zero-order valence-corrected chi connectivity index (χ0v) is 17.7. The zero-order chi connectivity index (χ0) is 21.1. The van der Waals surface area contributed by atoms with Crippen molar-refractivity contribution in [3.8, 4) is 17.7 Å². The van der Waals surface area contributed by atoms with Crippen LogP contribution in [0, 0.1) is 25.2 Å². The van der Waals surface area contributed by atoms with Gasteiger partial charge in [0.15, 0.2) is 5.76 Å². The van der Waals surface area contributed by atoms with Gasteiger partial charge in [-0.05, 0) is 49.2 Å². The van der Waals surface area contributed by atoms with Gasteiger partial charge in [0.25, 0.3) is 5.89 Å². The molecule has 0 spiro atoms. The molecule has 0 unspecified atom stereocenters. The number of thioether (sulfide) groups is 1. The molecule has 1 aliphatic rings. The van der Waals surface area contributed by atoms with Crippen LogP contribution in [0.4, 0.5) is 5.88 Å². The van der Waals surface area contributed by atoms with Crippen molar-refractivity contribution < 1.29 is 13.6 Å². The molecule has 1 fully saturated rings. The molecule has 0 aliphatic carbocycles. The molecule has 0 radical (unpaired) electrons. The van der Waals surface area contributed by atoms with Gasteiger partial charge in [-0.3, -0.25) is 4.79 Å². The van der Waals surface area contributed by atoms with E-state index in [0.29, 0.717) is 43.6 Å². The van der Waals surface area contributed by atoms with Gasteiger partial charge in [0, 0.05) is 31.1 Å². The van der Waals surface area contributed by atoms with Crippen molar-refractivity contribution in [1.82, 2.24) is 9.88 Å². The van der Waals surface area contributed by atoms with Crippen molar-refractivity contribution in [3.63, 3.8) is 0 Å². The first-order valence-electron chi connectivity index (χ1n) is 9.72. The number of amides is 1. The summed E-state index contributed by atoms with van der Waals surface area (Å²) in [6.45, 7) is 6.49. The molecule has 3 heterocycles. The van der Waals surface area contributed by atoms with Crippen molar-refractivity contribution >= 4 is 23.6 Å². The number of furan rings is 1. The number of carbonyl (C=O) groups excluding carboxylic acids is 1. The Morgan fingerprint density at radius 3 is 2.67 bits per heavy atom. The predicted molar refractivity (Wildman–Crippen MR) is 114 cm³/mol. The number of rotatable bonds is 5. The molecule has 154 valence electrons. The number of hydrogen-bond acceptors (Lipinski definition) is 7. The summed E-state index contributed by atoms with van der Waals surface area (Å²) in [5.74, 6) is 1.73. The summed E-state index contributed by atoms with van der Waals surface area (Å²) < 4.78 is 11.1. The van der Waals surface area contributed by atoms with Gasteiger partial charge in [-0.25, -0.2) is 0 Å². The third-order valence-corrected chi connectivity index (χ3v) is 6.19. The topological polar surface area (TPSA) is 86.5 Å². The van der Waals surface area contributed by atoms with Crippen LogP contribution in [0.15, 0.2) is 50.3 Å². The van der Waals surface area contributed by atoms with Crippen LogP contribution >= 0.6 is 11.8 Å². The zero-order valence-electron chi connectivity index (χ0n) is 16.9. The Morgan fingerprint density at radius 1 is 1.20 bits per heavy atom. The molecule has 0 N–H and O–H groups in total. The molecule has 0 saturated carbocycles. The predicted octanol–water partition coefficient (Wildman–Crippen LogP) is 3.86. The lowest BCUT2D eigenvalue weighted by Crippen LogP contribution is -2.49. The van der Waals surface area contributed by atoms with Crippen molar-refractivity contribution in [2.45, 2.75) is 18.7 Å². The Balaban J connectivity index is 1.35. The maximum absolute atomic E-state index is 12.6. The van der Waals surface area contributed by atoms with Crippen LogP contribution in [0.25, 0.3) is 11.7 Å². The quantitative estimate of drug-likeness (QED) is 0.577. The highest BCUT2D eigenvalue weighted by Gasteiger charge is 2.27. The summed E-state index contributed by atoms with van der Waals surface area (Å²) in [7, 11) is 0. The fourth-order valence-electron chi connectivity index (χ4n) is 3.30. The Kier molecular flexibility index (Phi) is 5.81. The van der Waals surface area contributed by atoms with E-state index in [1.807, 2.05) is 9.80 Å². The normalized spacial score (nSPS) is 14.0. The number of piperazine rings is 1. The third-order valence-electron chi connectivity index (χ3n) is 5.21. The average molecular weight is 423 g/mol. The molecular weight excluding hydrogens is 400 g/mol. The molecule has 0 bridgehead atoms. The summed E-state index contributed by atoms with van der Waals surface area (Å²) in [4.78, 5) is 21.8. The second-order valence-corrected chi connectivity index (χ2v) is 8.21. The van der Waals surface area contributed by atoms with E-state index in [0.717, 1.165) is 4.90 Å². The Hall–Kier alpha value is -3.18. The first-order chi connectivity index (χ1) is 14.5. The van der Waals surface area contributed by atoms with Crippen LogP contribution in [0.1, 0.15) is 16.8 Å². The second kappa shape index (κ2) is 8.67. The maximum Gasteiger partial charge on any atom is 0.266 e. The number of aromatic nitrogens is 1. The Bertz CT molecular complexity index is 1080. The summed E-state index contributed by atoms with van der Waals surface area (Å²) in [6, 6.07) is 11.8. The summed E-state index contributed by atoms with van der Waals surface area (Å²) in [5, 5.41) is 9.42. The number of hydrogen-bond donors (Lipinski definition) is 0. The minimum absolute atomic E-state index is 0.118. The molecule has 0 atom stereocenters. The standard InChI is InChI=1S/C22H22N4O3S/c1-15-5-6-17(12-16(15)2)30-14-20(27)25-7-9-26(10-8-25)22-18(13-23)24-21(29-22)19-4-3-11-28-19/h3-6,11-12H,7-10,14H2,1-2H3. The molecule has 1 saturated heterocycles. The number of benzene rings is 1. The molecule has 3 aromatic rings. The van der Waals surface area contributed by atoms with Gasteiger partial charge in [0.05, 0.1) is 12.0 Å². The van der Waals surface area contributed by atoms with Crippen molar-refractivity contribution in [1.29, 1.82) is 5.26 Å². The molecule has 8 heteroatoms. The molecule has 2 aromatic heterocycles. The van der Waals surface area contributed by atoms with Crippen LogP contribution in [-0.2, 0) is 4.79 Å². The molecule has 1 amide bonds. The van der Waals surface area contributed by atoms with E-state index < -0.39 is 0 Å². The minimum atomic E-state index is 0.118. The van der Waals surface area contributed by atoms with E-state index in [2.05, 4.69) is 43.1 Å². The first kappa shape index (κ1) is 20.1. The monoisotopic (exact) mass is 422 g/mol. The van der Waals surface area contributed by atoms with Gasteiger partial charge in [0.1, 0.15) is 6.07 Å². The molecule has 7 nitrogen and oxygen atoms in total. The molecule has 1 aliphatic heterocycles. The van der Waals surface area contributed by atoms with Crippen LogP contribution in [0.3, 0.4) is 0 Å². The lowest BCUT2D eigenvalue weighted by atomic mass is 10.1. The lowest BCUT2D eigenvalue weighted by molar-refractivity contribution is -0.128. The van der Waals surface area contributed by atoms with Gasteiger partial charge < -0.3 is 18.6 Å². The largest absolute Gasteiger partial charge is 0.459 e. The number of carbonyl (C=O) groups is 1. The van der Waals surface area contributed by atoms with Crippen LogP contribution in [0.5, 0.6) is 0 Å². The maximum atomic E-state index is 12.6. The van der Waals surface area contributed by atoms with Crippen LogP contribution in [-0.4, -0.2) is 47.7 Å². The van der Waals surface area contributed by atoms with Gasteiger partial charge >= 0.3 is 0 Å². The van der Waals surface area contributed by atoms with Crippen LogP contribution < -0.4 is 4.90 Å². The third kappa shape index (κ3) is 4.21. The van der Waals surface area contributed by atoms with E-state index >= 15 is 0 Å². The van der Waals surface area contributed by atoms with E-state index in [1.54, 1.807) is 23.9 Å². The number of nitrogens with zero attached hydrogens (tertiary/aromatic N) is 4. The minimum Gasteiger partial charge on any atom is -0.459 e. The Morgan fingerprint density at radius 2 is 2.00 bits per heavy atom.